The summed E-state index contributed by atoms with van der Waals surface area (Å²) in [6, 6.07) is 5.29. The molecular weight excluding hydrogens is 396 g/mol. The lowest BCUT2D eigenvalue weighted by molar-refractivity contribution is -0.138. The zero-order chi connectivity index (χ0) is 22.4. The average Bonchev–Trinajstić information content (AvgIpc) is 2.62. The van der Waals surface area contributed by atoms with Crippen molar-refractivity contribution in [2.45, 2.75) is 57.1 Å². The first kappa shape index (κ1) is 25.0. The topological polar surface area (TPSA) is 142 Å². The molecule has 9 nitrogen and oxygen atoms in total. The van der Waals surface area contributed by atoms with Crippen molar-refractivity contribution < 1.29 is 23.1 Å². The van der Waals surface area contributed by atoms with Gasteiger partial charge in [-0.2, -0.15) is 0 Å². The van der Waals surface area contributed by atoms with Crippen molar-refractivity contribution in [2.24, 2.45) is 5.73 Å². The van der Waals surface area contributed by atoms with E-state index < -0.39 is 39.5 Å². The van der Waals surface area contributed by atoms with E-state index in [4.69, 9.17) is 10.8 Å². The van der Waals surface area contributed by atoms with Gasteiger partial charge in [0.2, 0.25) is 0 Å². The summed E-state index contributed by atoms with van der Waals surface area (Å²) in [7, 11) is -3.91. The van der Waals surface area contributed by atoms with Crippen LogP contribution in [0.25, 0.3) is 0 Å². The molecule has 1 fully saturated rings. The number of piperazine rings is 1. The van der Waals surface area contributed by atoms with E-state index in [0.717, 1.165) is 16.4 Å². The molecule has 0 aromatic heterocycles. The summed E-state index contributed by atoms with van der Waals surface area (Å²) >= 11 is 0. The number of amides is 1. The Bertz CT molecular complexity index is 795. The molecule has 1 unspecified atom stereocenters. The fraction of sp³-hybridized carbons (Fsp3) is 0.579. The Morgan fingerprint density at radius 1 is 1.21 bits per heavy atom. The van der Waals surface area contributed by atoms with Gasteiger partial charge in [-0.05, 0) is 46.8 Å². The number of carbonyl (C=O) groups excluding carboxylic acids is 1. The van der Waals surface area contributed by atoms with Crippen LogP contribution in [0, 0.1) is 6.92 Å². The molecule has 0 saturated carbocycles. The van der Waals surface area contributed by atoms with E-state index in [9.17, 15) is 18.0 Å². The number of hydrogen-bond donors (Lipinski definition) is 4. The summed E-state index contributed by atoms with van der Waals surface area (Å²) in [4.78, 5) is 22.6. The van der Waals surface area contributed by atoms with Crippen LogP contribution in [-0.2, 0) is 19.6 Å². The third kappa shape index (κ3) is 7.07. The Morgan fingerprint density at radius 3 is 2.10 bits per heavy atom. The van der Waals surface area contributed by atoms with Gasteiger partial charge >= 0.3 is 5.97 Å². The van der Waals surface area contributed by atoms with Crippen molar-refractivity contribution in [1.82, 2.24) is 14.9 Å². The van der Waals surface area contributed by atoms with Crippen molar-refractivity contribution >= 4 is 21.9 Å². The number of hydrogen-bond acceptors (Lipinski definition) is 7. The van der Waals surface area contributed by atoms with Gasteiger partial charge in [-0.25, -0.2) is 12.7 Å². The van der Waals surface area contributed by atoms with Gasteiger partial charge in [0.15, 0.2) is 0 Å². The normalized spacial score (nSPS) is 18.2. The number of rotatable bonds is 4. The molecule has 164 valence electrons. The standard InChI is InChI=1S/C16H25N3O3S.C3H7NO2/c1-12-5-7-13(8-6-12)23(21,22)19(16(2,3)4)15(20)14-11-17-9-10-18-14;1-2(4)3(5)6/h5-8,14,17-18H,9-11H2,1-4H3;2H,4H2,1H3,(H,5,6)/t;2-/m.0/s1. The lowest BCUT2D eigenvalue weighted by atomic mass is 10.1. The second-order valence-electron chi connectivity index (χ2n) is 7.93. The summed E-state index contributed by atoms with van der Waals surface area (Å²) in [5.41, 5.74) is 4.96. The number of benzene rings is 1. The van der Waals surface area contributed by atoms with Crippen LogP contribution in [0.5, 0.6) is 0 Å². The molecule has 29 heavy (non-hydrogen) atoms. The van der Waals surface area contributed by atoms with Crippen LogP contribution in [0.1, 0.15) is 33.3 Å². The van der Waals surface area contributed by atoms with Gasteiger partial charge in [-0.3, -0.25) is 9.59 Å². The quantitative estimate of drug-likeness (QED) is 0.536. The van der Waals surface area contributed by atoms with E-state index in [0.29, 0.717) is 13.1 Å². The van der Waals surface area contributed by atoms with Gasteiger partial charge in [0.05, 0.1) is 10.4 Å². The van der Waals surface area contributed by atoms with Crippen molar-refractivity contribution in [1.29, 1.82) is 0 Å². The lowest BCUT2D eigenvalue weighted by Crippen LogP contribution is -2.61. The molecule has 1 aliphatic heterocycles. The van der Waals surface area contributed by atoms with E-state index in [1.165, 1.54) is 6.92 Å². The molecule has 1 saturated heterocycles. The van der Waals surface area contributed by atoms with Crippen LogP contribution in [0.4, 0.5) is 0 Å². The molecule has 0 aliphatic carbocycles. The zero-order valence-corrected chi connectivity index (χ0v) is 18.4. The van der Waals surface area contributed by atoms with Crippen molar-refractivity contribution in [2.75, 3.05) is 19.6 Å². The number of aryl methyl sites for hydroxylation is 1. The highest BCUT2D eigenvalue weighted by Crippen LogP contribution is 2.26. The summed E-state index contributed by atoms with van der Waals surface area (Å²) < 4.78 is 27.1. The summed E-state index contributed by atoms with van der Waals surface area (Å²) in [5.74, 6) is -1.39. The van der Waals surface area contributed by atoms with Gasteiger partial charge in [-0.1, -0.05) is 17.7 Å². The summed E-state index contributed by atoms with van der Waals surface area (Å²) in [6.45, 7) is 10.3. The molecule has 2 atom stereocenters. The number of nitrogens with one attached hydrogen (secondary N) is 2. The van der Waals surface area contributed by atoms with Crippen LogP contribution in [0.2, 0.25) is 0 Å². The van der Waals surface area contributed by atoms with Crippen LogP contribution < -0.4 is 16.4 Å². The molecule has 5 N–H and O–H groups in total. The van der Waals surface area contributed by atoms with E-state index in [2.05, 4.69) is 10.6 Å². The first-order chi connectivity index (χ1) is 13.3. The number of sulfonamides is 1. The first-order valence-electron chi connectivity index (χ1n) is 9.37. The highest BCUT2D eigenvalue weighted by molar-refractivity contribution is 7.89. The Kier molecular flexibility index (Phi) is 8.76. The summed E-state index contributed by atoms with van der Waals surface area (Å²) in [5, 5.41) is 14.1. The number of carbonyl (C=O) groups is 2. The maximum absolute atomic E-state index is 13.0. The Morgan fingerprint density at radius 2 is 1.72 bits per heavy atom. The highest BCUT2D eigenvalue weighted by Gasteiger charge is 2.41. The second-order valence-corrected chi connectivity index (χ2v) is 9.72. The van der Waals surface area contributed by atoms with E-state index in [1.54, 1.807) is 45.0 Å². The third-order valence-electron chi connectivity index (χ3n) is 4.10. The smallest absolute Gasteiger partial charge is 0.320 e. The van der Waals surface area contributed by atoms with E-state index in [-0.39, 0.29) is 4.90 Å². The largest absolute Gasteiger partial charge is 0.480 e. The van der Waals surface area contributed by atoms with Crippen molar-refractivity contribution in [3.63, 3.8) is 0 Å². The Balaban J connectivity index is 0.000000612. The van der Waals surface area contributed by atoms with Gasteiger partial charge in [0, 0.05) is 19.6 Å². The number of aliphatic carboxylic acids is 1. The zero-order valence-electron chi connectivity index (χ0n) is 17.6. The van der Waals surface area contributed by atoms with Gasteiger partial charge in [0.1, 0.15) is 12.1 Å². The average molecular weight is 429 g/mol. The first-order valence-corrected chi connectivity index (χ1v) is 10.8. The second kappa shape index (κ2) is 10.1. The molecular formula is C19H32N4O5S. The maximum Gasteiger partial charge on any atom is 0.320 e. The molecule has 10 heteroatoms. The third-order valence-corrected chi connectivity index (χ3v) is 6.17. The molecule has 1 aliphatic rings. The van der Waals surface area contributed by atoms with Crippen LogP contribution in [0.15, 0.2) is 29.2 Å². The predicted molar refractivity (Wildman–Crippen MR) is 111 cm³/mol. The van der Waals surface area contributed by atoms with Crippen LogP contribution in [-0.4, -0.2) is 67.0 Å². The van der Waals surface area contributed by atoms with Crippen molar-refractivity contribution in [3.8, 4) is 0 Å². The Hall–Kier alpha value is -2.01. The van der Waals surface area contributed by atoms with Crippen LogP contribution >= 0.6 is 0 Å². The van der Waals surface area contributed by atoms with E-state index in [1.807, 2.05) is 6.92 Å². The molecule has 0 radical (unpaired) electrons. The predicted octanol–water partition coefficient (Wildman–Crippen LogP) is 0.290. The fourth-order valence-electron chi connectivity index (χ4n) is 2.59. The number of carboxylic acids is 1. The summed E-state index contributed by atoms with van der Waals surface area (Å²) in [6.07, 6.45) is 0. The molecule has 0 spiro atoms. The van der Waals surface area contributed by atoms with Gasteiger partial charge < -0.3 is 21.5 Å². The molecule has 1 amide bonds. The minimum atomic E-state index is -3.91. The Labute approximate surface area is 172 Å². The van der Waals surface area contributed by atoms with Gasteiger partial charge in [0.25, 0.3) is 15.9 Å². The lowest BCUT2D eigenvalue weighted by Gasteiger charge is -2.38. The van der Waals surface area contributed by atoms with Crippen molar-refractivity contribution in [3.05, 3.63) is 29.8 Å². The fourth-order valence-corrected chi connectivity index (χ4v) is 4.37. The highest BCUT2D eigenvalue weighted by atomic mass is 32.2. The minimum Gasteiger partial charge on any atom is -0.480 e. The number of carboxylic acid groups (broad SMARTS) is 1. The number of nitrogens with zero attached hydrogens (tertiary/aromatic N) is 1. The monoisotopic (exact) mass is 428 g/mol. The molecule has 2 rings (SSSR count). The molecule has 0 bridgehead atoms. The molecule has 1 aromatic carbocycles. The SMILES string of the molecule is C[C@H](N)C(=O)O.Cc1ccc(S(=O)(=O)N(C(=O)C2CNCCN2)C(C)(C)C)cc1. The van der Waals surface area contributed by atoms with Gasteiger partial charge in [-0.15, -0.1) is 0 Å². The molecule has 1 aromatic rings. The van der Waals surface area contributed by atoms with Crippen LogP contribution in [0.3, 0.4) is 0 Å². The maximum atomic E-state index is 13.0. The molecule has 1 heterocycles. The van der Waals surface area contributed by atoms with E-state index >= 15 is 0 Å². The minimum absolute atomic E-state index is 0.134. The number of nitrogens with two attached hydrogens (primary N) is 1.